The fraction of sp³-hybridized carbons (Fsp3) is 0.300. The number of nitrogens with two attached hydrogens (primary N) is 1. The zero-order chi connectivity index (χ0) is 11.3. The molecule has 0 aromatic heterocycles. The van der Waals surface area contributed by atoms with Crippen molar-refractivity contribution in [3.05, 3.63) is 23.2 Å². The average Bonchev–Trinajstić information content (AvgIpc) is 2.19. The quantitative estimate of drug-likeness (QED) is 0.801. The molecule has 1 rings (SSSR count). The molecule has 1 aromatic carbocycles. The second kappa shape index (κ2) is 5.88. The molecule has 3 nitrogen and oxygen atoms in total. The van der Waals surface area contributed by atoms with E-state index in [1.165, 1.54) is 0 Å². The van der Waals surface area contributed by atoms with Gasteiger partial charge in [0.15, 0.2) is 0 Å². The van der Waals surface area contributed by atoms with Crippen molar-refractivity contribution < 1.29 is 4.79 Å². The van der Waals surface area contributed by atoms with Gasteiger partial charge in [0.25, 0.3) is 0 Å². The zero-order valence-corrected chi connectivity index (χ0v) is 9.99. The van der Waals surface area contributed by atoms with Crippen LogP contribution in [0, 0.1) is 0 Å². The van der Waals surface area contributed by atoms with Gasteiger partial charge < -0.3 is 11.1 Å². The number of carbonyl (C=O) groups is 1. The Hall–Kier alpha value is -0.870. The Bertz CT molecular complexity index is 357. The van der Waals surface area contributed by atoms with Crippen LogP contribution >= 0.6 is 23.4 Å². The molecule has 0 spiro atoms. The van der Waals surface area contributed by atoms with E-state index < -0.39 is 0 Å². The highest BCUT2D eigenvalue weighted by Gasteiger charge is 2.04. The summed E-state index contributed by atoms with van der Waals surface area (Å²) in [4.78, 5) is 11.4. The van der Waals surface area contributed by atoms with Crippen molar-refractivity contribution in [3.63, 3.8) is 0 Å². The first-order valence-electron chi connectivity index (χ1n) is 4.47. The van der Waals surface area contributed by atoms with Crippen LogP contribution < -0.4 is 11.1 Å². The largest absolute Gasteiger partial charge is 0.397 e. The van der Waals surface area contributed by atoms with Crippen LogP contribution in [0.4, 0.5) is 11.4 Å². The van der Waals surface area contributed by atoms with Crippen molar-refractivity contribution in [1.29, 1.82) is 0 Å². The Morgan fingerprint density at radius 3 is 2.93 bits per heavy atom. The molecule has 0 radical (unpaired) electrons. The van der Waals surface area contributed by atoms with Crippen LogP contribution in [0.5, 0.6) is 0 Å². The fourth-order valence-corrected chi connectivity index (χ4v) is 1.62. The number of halogens is 1. The molecule has 0 saturated carbocycles. The van der Waals surface area contributed by atoms with Crippen LogP contribution in [0.2, 0.25) is 5.02 Å². The number of carbonyl (C=O) groups excluding carboxylic acids is 1. The Kier molecular flexibility index (Phi) is 4.78. The number of hydrogen-bond acceptors (Lipinski definition) is 3. The number of benzene rings is 1. The smallest absolute Gasteiger partial charge is 0.225 e. The Morgan fingerprint density at radius 1 is 1.60 bits per heavy atom. The van der Waals surface area contributed by atoms with Crippen LogP contribution in [-0.4, -0.2) is 17.9 Å². The Labute approximate surface area is 98.4 Å². The lowest BCUT2D eigenvalue weighted by molar-refractivity contribution is -0.115. The van der Waals surface area contributed by atoms with Crippen molar-refractivity contribution in [1.82, 2.24) is 0 Å². The van der Waals surface area contributed by atoms with E-state index in [0.717, 1.165) is 5.75 Å². The van der Waals surface area contributed by atoms with E-state index in [4.69, 9.17) is 17.3 Å². The number of anilines is 2. The van der Waals surface area contributed by atoms with Crippen LogP contribution in [0.1, 0.15) is 6.42 Å². The molecule has 0 saturated heterocycles. The van der Waals surface area contributed by atoms with E-state index in [1.807, 2.05) is 6.26 Å². The number of hydrogen-bond donors (Lipinski definition) is 2. The van der Waals surface area contributed by atoms with Gasteiger partial charge in [0, 0.05) is 17.2 Å². The lowest BCUT2D eigenvalue weighted by Gasteiger charge is -2.07. The zero-order valence-electron chi connectivity index (χ0n) is 8.42. The molecular weight excluding hydrogens is 232 g/mol. The standard InChI is InChI=1S/C10H13ClN2OS/c1-15-5-4-10(14)13-9-3-2-7(11)6-8(9)12/h2-3,6H,4-5,12H2,1H3,(H,13,14). The van der Waals surface area contributed by atoms with Crippen molar-refractivity contribution in [3.8, 4) is 0 Å². The number of rotatable bonds is 4. The molecule has 0 aliphatic rings. The maximum Gasteiger partial charge on any atom is 0.225 e. The van der Waals surface area contributed by atoms with Crippen molar-refractivity contribution >= 4 is 40.6 Å². The van der Waals surface area contributed by atoms with Gasteiger partial charge in [0.2, 0.25) is 5.91 Å². The lowest BCUT2D eigenvalue weighted by Crippen LogP contribution is -2.13. The van der Waals surface area contributed by atoms with E-state index in [2.05, 4.69) is 5.32 Å². The summed E-state index contributed by atoms with van der Waals surface area (Å²) >= 11 is 7.38. The van der Waals surface area contributed by atoms with E-state index in [1.54, 1.807) is 30.0 Å². The van der Waals surface area contributed by atoms with Gasteiger partial charge in [0.05, 0.1) is 11.4 Å². The van der Waals surface area contributed by atoms with Gasteiger partial charge in [-0.15, -0.1) is 0 Å². The third-order valence-corrected chi connectivity index (χ3v) is 2.67. The molecule has 0 atom stereocenters. The minimum Gasteiger partial charge on any atom is -0.397 e. The molecule has 0 aliphatic carbocycles. The Morgan fingerprint density at radius 2 is 2.33 bits per heavy atom. The summed E-state index contributed by atoms with van der Waals surface area (Å²) in [7, 11) is 0. The molecule has 1 amide bonds. The number of nitrogen functional groups attached to an aromatic ring is 1. The molecule has 1 aromatic rings. The fourth-order valence-electron chi connectivity index (χ4n) is 1.05. The molecule has 0 aliphatic heterocycles. The second-order valence-electron chi connectivity index (χ2n) is 3.02. The van der Waals surface area contributed by atoms with Gasteiger partial charge in [-0.25, -0.2) is 0 Å². The van der Waals surface area contributed by atoms with Crippen molar-refractivity contribution in [2.75, 3.05) is 23.1 Å². The highest BCUT2D eigenvalue weighted by atomic mass is 35.5. The summed E-state index contributed by atoms with van der Waals surface area (Å²) in [6, 6.07) is 5.02. The number of amides is 1. The van der Waals surface area contributed by atoms with Gasteiger partial charge in [-0.3, -0.25) is 4.79 Å². The first-order valence-corrected chi connectivity index (χ1v) is 6.24. The highest BCUT2D eigenvalue weighted by molar-refractivity contribution is 7.98. The third kappa shape index (κ3) is 4.01. The number of thioether (sulfide) groups is 1. The molecule has 0 bridgehead atoms. The van der Waals surface area contributed by atoms with E-state index in [0.29, 0.717) is 22.8 Å². The third-order valence-electron chi connectivity index (χ3n) is 1.82. The molecule has 15 heavy (non-hydrogen) atoms. The summed E-state index contributed by atoms with van der Waals surface area (Å²) in [6.45, 7) is 0. The average molecular weight is 245 g/mol. The van der Waals surface area contributed by atoms with E-state index >= 15 is 0 Å². The molecule has 0 unspecified atom stereocenters. The SMILES string of the molecule is CSCCC(=O)Nc1ccc(Cl)cc1N. The van der Waals surface area contributed by atoms with Crippen LogP contribution in [0.3, 0.4) is 0 Å². The maximum atomic E-state index is 11.4. The summed E-state index contributed by atoms with van der Waals surface area (Å²) in [5.74, 6) is 0.776. The molecule has 3 N–H and O–H groups in total. The van der Waals surface area contributed by atoms with Crippen molar-refractivity contribution in [2.24, 2.45) is 0 Å². The Balaban J connectivity index is 2.60. The predicted molar refractivity (Wildman–Crippen MR) is 67.5 cm³/mol. The molecule has 0 heterocycles. The predicted octanol–water partition coefficient (Wildman–Crippen LogP) is 2.61. The van der Waals surface area contributed by atoms with Gasteiger partial charge in [-0.1, -0.05) is 11.6 Å². The van der Waals surface area contributed by atoms with E-state index in [9.17, 15) is 4.79 Å². The monoisotopic (exact) mass is 244 g/mol. The normalized spacial score (nSPS) is 10.0. The summed E-state index contributed by atoms with van der Waals surface area (Å²) < 4.78 is 0. The second-order valence-corrected chi connectivity index (χ2v) is 4.44. The van der Waals surface area contributed by atoms with Gasteiger partial charge in [-0.2, -0.15) is 11.8 Å². The van der Waals surface area contributed by atoms with E-state index in [-0.39, 0.29) is 5.91 Å². The minimum atomic E-state index is -0.0293. The minimum absolute atomic E-state index is 0.0293. The maximum absolute atomic E-state index is 11.4. The van der Waals surface area contributed by atoms with Gasteiger partial charge in [0.1, 0.15) is 0 Å². The van der Waals surface area contributed by atoms with Gasteiger partial charge >= 0.3 is 0 Å². The molecular formula is C10H13ClN2OS. The summed E-state index contributed by atoms with van der Waals surface area (Å²) in [6.07, 6.45) is 2.45. The van der Waals surface area contributed by atoms with Crippen LogP contribution in [0.25, 0.3) is 0 Å². The topological polar surface area (TPSA) is 55.1 Å². The first-order chi connectivity index (χ1) is 7.13. The summed E-state index contributed by atoms with van der Waals surface area (Å²) in [5, 5.41) is 3.30. The number of nitrogens with one attached hydrogen (secondary N) is 1. The lowest BCUT2D eigenvalue weighted by atomic mass is 10.2. The highest BCUT2D eigenvalue weighted by Crippen LogP contribution is 2.22. The summed E-state index contributed by atoms with van der Waals surface area (Å²) in [5.41, 5.74) is 6.80. The van der Waals surface area contributed by atoms with Crippen LogP contribution in [0.15, 0.2) is 18.2 Å². The molecule has 5 heteroatoms. The molecule has 0 fully saturated rings. The first kappa shape index (κ1) is 12.2. The molecule has 82 valence electrons. The van der Waals surface area contributed by atoms with Crippen molar-refractivity contribution in [2.45, 2.75) is 6.42 Å². The van der Waals surface area contributed by atoms with Gasteiger partial charge in [-0.05, 0) is 24.5 Å². The van der Waals surface area contributed by atoms with Crippen LogP contribution in [-0.2, 0) is 4.79 Å².